The zero-order valence-corrected chi connectivity index (χ0v) is 9.95. The first kappa shape index (κ1) is 14.1. The monoisotopic (exact) mass is 226 g/mol. The lowest BCUT2D eigenvalue weighted by Crippen LogP contribution is -2.18. The van der Waals surface area contributed by atoms with Crippen LogP contribution in [0.4, 0.5) is 0 Å². The zero-order chi connectivity index (χ0) is 10.8. The van der Waals surface area contributed by atoms with Crippen molar-refractivity contribution in [3.8, 4) is 0 Å². The lowest BCUT2D eigenvalue weighted by Gasteiger charge is -2.16. The first-order valence-electron chi connectivity index (χ1n) is 4.68. The summed E-state index contributed by atoms with van der Waals surface area (Å²) in [6.45, 7) is 5.28. The normalized spacial score (nSPS) is 13.4. The lowest BCUT2D eigenvalue weighted by atomic mass is 10.4. The molecular weight excluding hydrogens is 207 g/mol. The molecule has 1 atom stereocenters. The van der Waals surface area contributed by atoms with Crippen LogP contribution in [0.2, 0.25) is 0 Å². The molecule has 0 saturated carbocycles. The predicted molar refractivity (Wildman–Crippen MR) is 53.6 cm³/mol. The van der Waals surface area contributed by atoms with E-state index in [0.29, 0.717) is 26.2 Å². The summed E-state index contributed by atoms with van der Waals surface area (Å²) < 4.78 is 30.7. The number of hydrogen-bond donors (Lipinski definition) is 0. The molecule has 0 fully saturated rings. The van der Waals surface area contributed by atoms with Gasteiger partial charge in [-0.3, -0.25) is 4.57 Å². The topological polar surface area (TPSA) is 54.0 Å². The van der Waals surface area contributed by atoms with Crippen molar-refractivity contribution in [3.05, 3.63) is 0 Å². The van der Waals surface area contributed by atoms with Gasteiger partial charge in [-0.1, -0.05) is 0 Å². The van der Waals surface area contributed by atoms with E-state index in [-0.39, 0.29) is 6.29 Å². The molecule has 0 radical (unpaired) electrons. The molecular formula is C8H19O5P. The molecule has 6 heteroatoms. The fraction of sp³-hybridized carbons (Fsp3) is 1.00. The molecule has 0 aromatic heterocycles. The predicted octanol–water partition coefficient (Wildman–Crippen LogP) is 1.83. The Balaban J connectivity index is 3.54. The Hall–Kier alpha value is 0.0700. The van der Waals surface area contributed by atoms with Crippen molar-refractivity contribution in [1.82, 2.24) is 0 Å². The summed E-state index contributed by atoms with van der Waals surface area (Å²) in [5.41, 5.74) is 0. The van der Waals surface area contributed by atoms with Crippen molar-refractivity contribution in [1.29, 1.82) is 0 Å². The van der Waals surface area contributed by atoms with Crippen molar-refractivity contribution in [2.24, 2.45) is 0 Å². The van der Waals surface area contributed by atoms with Crippen molar-refractivity contribution in [2.75, 3.05) is 26.9 Å². The number of hydrogen-bond acceptors (Lipinski definition) is 5. The van der Waals surface area contributed by atoms with E-state index >= 15 is 0 Å². The Labute approximate surface area is 85.6 Å². The van der Waals surface area contributed by atoms with E-state index in [1.807, 2.05) is 13.8 Å². The Morgan fingerprint density at radius 3 is 2.21 bits per heavy atom. The zero-order valence-electron chi connectivity index (χ0n) is 8.95. The van der Waals surface area contributed by atoms with Crippen LogP contribution < -0.4 is 0 Å². The summed E-state index contributed by atoms with van der Waals surface area (Å²) in [5, 5.41) is 0. The van der Waals surface area contributed by atoms with Crippen LogP contribution in [-0.4, -0.2) is 33.2 Å². The highest BCUT2D eigenvalue weighted by molar-refractivity contribution is 7.33. The minimum Gasteiger partial charge on any atom is -0.353 e. The molecule has 0 N–H and O–H groups in total. The van der Waals surface area contributed by atoms with Gasteiger partial charge in [-0.2, -0.15) is 0 Å². The molecule has 0 aromatic rings. The van der Waals surface area contributed by atoms with Crippen molar-refractivity contribution >= 4 is 8.25 Å². The third kappa shape index (κ3) is 7.47. The standard InChI is InChI=1S/C8H19O5P/c1-4-11-8(12-5-2)6-7-13-14(9)10-3/h8,14H,4-7H2,1-3H3. The van der Waals surface area contributed by atoms with Crippen LogP contribution in [0.1, 0.15) is 20.3 Å². The SMILES string of the molecule is CCOC(CCO[PH](=O)OC)OCC. The van der Waals surface area contributed by atoms with Gasteiger partial charge in [0.2, 0.25) is 0 Å². The van der Waals surface area contributed by atoms with Gasteiger partial charge < -0.3 is 18.5 Å². The number of ether oxygens (including phenoxy) is 2. The van der Waals surface area contributed by atoms with Crippen LogP contribution in [0.25, 0.3) is 0 Å². The second kappa shape index (κ2) is 9.62. The van der Waals surface area contributed by atoms with Gasteiger partial charge in [0.15, 0.2) is 6.29 Å². The largest absolute Gasteiger partial charge is 0.353 e. The van der Waals surface area contributed by atoms with Gasteiger partial charge in [0.25, 0.3) is 0 Å². The summed E-state index contributed by atoms with van der Waals surface area (Å²) in [6, 6.07) is 0. The molecule has 0 spiro atoms. The van der Waals surface area contributed by atoms with Crippen molar-refractivity contribution in [2.45, 2.75) is 26.6 Å². The molecule has 0 heterocycles. The van der Waals surface area contributed by atoms with Gasteiger partial charge in [0, 0.05) is 26.7 Å². The fourth-order valence-corrected chi connectivity index (χ4v) is 1.29. The van der Waals surface area contributed by atoms with Gasteiger partial charge in [0.05, 0.1) is 6.61 Å². The molecule has 5 nitrogen and oxygen atoms in total. The third-order valence-electron chi connectivity index (χ3n) is 1.45. The van der Waals surface area contributed by atoms with E-state index in [4.69, 9.17) is 14.0 Å². The smallest absolute Gasteiger partial charge is 0.318 e. The van der Waals surface area contributed by atoms with E-state index in [1.165, 1.54) is 7.11 Å². The summed E-state index contributed by atoms with van der Waals surface area (Å²) in [5.74, 6) is 0. The summed E-state index contributed by atoms with van der Waals surface area (Å²) in [6.07, 6.45) is 0.276. The van der Waals surface area contributed by atoms with E-state index in [9.17, 15) is 4.57 Å². The second-order valence-electron chi connectivity index (χ2n) is 2.43. The average Bonchev–Trinajstić information content (AvgIpc) is 2.18. The highest BCUT2D eigenvalue weighted by Crippen LogP contribution is 2.22. The second-order valence-corrected chi connectivity index (χ2v) is 3.63. The van der Waals surface area contributed by atoms with Crippen molar-refractivity contribution in [3.63, 3.8) is 0 Å². The quantitative estimate of drug-likeness (QED) is 0.443. The lowest BCUT2D eigenvalue weighted by molar-refractivity contribution is -0.142. The van der Waals surface area contributed by atoms with Gasteiger partial charge >= 0.3 is 8.25 Å². The summed E-state index contributed by atoms with van der Waals surface area (Å²) in [4.78, 5) is 0. The van der Waals surface area contributed by atoms with Crippen LogP contribution >= 0.6 is 8.25 Å². The average molecular weight is 226 g/mol. The molecule has 0 amide bonds. The fourth-order valence-electron chi connectivity index (χ4n) is 0.884. The van der Waals surface area contributed by atoms with E-state index in [1.54, 1.807) is 0 Å². The molecule has 14 heavy (non-hydrogen) atoms. The molecule has 1 unspecified atom stereocenters. The van der Waals surface area contributed by atoms with E-state index in [2.05, 4.69) is 4.52 Å². The highest BCUT2D eigenvalue weighted by Gasteiger charge is 2.08. The number of rotatable bonds is 9. The van der Waals surface area contributed by atoms with Crippen LogP contribution in [-0.2, 0) is 23.1 Å². The molecule has 0 aliphatic carbocycles. The minimum atomic E-state index is -2.31. The first-order valence-corrected chi connectivity index (χ1v) is 5.91. The van der Waals surface area contributed by atoms with Crippen LogP contribution in [0.15, 0.2) is 0 Å². The molecule has 0 rings (SSSR count). The van der Waals surface area contributed by atoms with Crippen molar-refractivity contribution < 1.29 is 23.1 Å². The maximum atomic E-state index is 10.8. The molecule has 0 bridgehead atoms. The maximum Gasteiger partial charge on any atom is 0.318 e. The van der Waals surface area contributed by atoms with Gasteiger partial charge in [0.1, 0.15) is 0 Å². The Morgan fingerprint density at radius 1 is 1.21 bits per heavy atom. The van der Waals surface area contributed by atoms with Gasteiger partial charge in [-0.25, -0.2) is 0 Å². The van der Waals surface area contributed by atoms with Crippen LogP contribution in [0.3, 0.4) is 0 Å². The highest BCUT2D eigenvalue weighted by atomic mass is 31.1. The van der Waals surface area contributed by atoms with Crippen LogP contribution in [0.5, 0.6) is 0 Å². The molecule has 0 saturated heterocycles. The maximum absolute atomic E-state index is 10.8. The van der Waals surface area contributed by atoms with E-state index in [0.717, 1.165) is 0 Å². The molecule has 0 aromatic carbocycles. The third-order valence-corrected chi connectivity index (χ3v) is 2.22. The molecule has 86 valence electrons. The minimum absolute atomic E-state index is 0.281. The van der Waals surface area contributed by atoms with Crippen LogP contribution in [0, 0.1) is 0 Å². The van der Waals surface area contributed by atoms with E-state index < -0.39 is 8.25 Å². The summed E-state index contributed by atoms with van der Waals surface area (Å²) >= 11 is 0. The summed E-state index contributed by atoms with van der Waals surface area (Å²) in [7, 11) is -0.964. The Morgan fingerprint density at radius 2 is 1.79 bits per heavy atom. The molecule has 0 aliphatic heterocycles. The Kier molecular flexibility index (Phi) is 9.67. The first-order chi connectivity index (χ1) is 6.74. The van der Waals surface area contributed by atoms with Gasteiger partial charge in [-0.15, -0.1) is 0 Å². The van der Waals surface area contributed by atoms with Gasteiger partial charge in [-0.05, 0) is 13.8 Å². The molecule has 0 aliphatic rings. The Bertz CT molecular complexity index is 147.